The Morgan fingerprint density at radius 3 is 1.57 bits per heavy atom. The van der Waals surface area contributed by atoms with Gasteiger partial charge in [0, 0.05) is 93.0 Å². The van der Waals surface area contributed by atoms with Gasteiger partial charge in [-0.3, -0.25) is 4.90 Å². The zero-order valence-corrected chi connectivity index (χ0v) is 53.2. The maximum atomic E-state index is 4.61. The SMILES string of the molecule is C=CC(C)(C)N(c1ccc2c(c1)N(c1c(-c3ccccc3)cccc1-c1ccccc1)c1c3c4c(c5c1B2C(N1C(C)CC1(C)C)CC(C)N5c1c(-c2ccccc2)cccc1-c1ccccc1)CCCN4CCC3)c1ccc(C(C)(C)C)cc1CC. The van der Waals surface area contributed by atoms with E-state index in [2.05, 4.69) is 301 Å². The number of para-hydroxylation sites is 2. The maximum Gasteiger partial charge on any atom is 0.235 e. The van der Waals surface area contributed by atoms with Gasteiger partial charge in [0.1, 0.15) is 0 Å². The van der Waals surface area contributed by atoms with E-state index >= 15 is 0 Å². The molecule has 1 saturated heterocycles. The first-order valence-corrected chi connectivity index (χ1v) is 32.6. The lowest BCUT2D eigenvalue weighted by molar-refractivity contribution is -0.0561. The Bertz CT molecular complexity index is 3950. The molecule has 3 unspecified atom stereocenters. The van der Waals surface area contributed by atoms with Gasteiger partial charge in [-0.15, -0.1) is 6.58 Å². The fourth-order valence-corrected chi connectivity index (χ4v) is 16.8. The zero-order chi connectivity index (χ0) is 60.1. The van der Waals surface area contributed by atoms with Crippen LogP contribution in [0.5, 0.6) is 0 Å². The third-order valence-electron chi connectivity index (χ3n) is 20.6. The largest absolute Gasteiger partial charge is 0.371 e. The smallest absolute Gasteiger partial charge is 0.235 e. The van der Waals surface area contributed by atoms with Crippen LogP contribution >= 0.6 is 0 Å². The van der Waals surface area contributed by atoms with Crippen LogP contribution < -0.4 is 30.5 Å². The Kier molecular flexibility index (Phi) is 14.3. The molecule has 1 fully saturated rings. The minimum atomic E-state index is -0.463. The second-order valence-corrected chi connectivity index (χ2v) is 28.0. The summed E-state index contributed by atoms with van der Waals surface area (Å²) in [6.45, 7) is 30.9. The van der Waals surface area contributed by atoms with Gasteiger partial charge in [0.05, 0.1) is 16.9 Å². The van der Waals surface area contributed by atoms with Gasteiger partial charge in [0.2, 0.25) is 6.71 Å². The average molecular weight is 1140 g/mol. The van der Waals surface area contributed by atoms with E-state index in [1.807, 2.05) is 0 Å². The number of likely N-dealkylation sites (tertiary alicyclic amines) is 1. The fourth-order valence-electron chi connectivity index (χ4n) is 16.8. The summed E-state index contributed by atoms with van der Waals surface area (Å²) in [5, 5.41) is 0. The summed E-state index contributed by atoms with van der Waals surface area (Å²) < 4.78 is 0. The molecule has 438 valence electrons. The average Bonchev–Trinajstić information content (AvgIpc) is 1.68. The van der Waals surface area contributed by atoms with Crippen LogP contribution in [0.15, 0.2) is 207 Å². The highest BCUT2D eigenvalue weighted by Gasteiger charge is 2.56. The van der Waals surface area contributed by atoms with E-state index in [0.717, 1.165) is 58.0 Å². The summed E-state index contributed by atoms with van der Waals surface area (Å²) in [6, 6.07) is 74.9. The van der Waals surface area contributed by atoms with E-state index in [-0.39, 0.29) is 29.6 Å². The molecule has 9 aromatic rings. The molecule has 87 heavy (non-hydrogen) atoms. The number of nitrogens with zero attached hydrogens (tertiary/aromatic N) is 5. The molecule has 0 amide bonds. The molecule has 0 spiro atoms. The van der Waals surface area contributed by atoms with E-state index in [1.165, 1.54) is 123 Å². The van der Waals surface area contributed by atoms with Crippen molar-refractivity contribution in [3.8, 4) is 44.5 Å². The minimum absolute atomic E-state index is 0.00605. The minimum Gasteiger partial charge on any atom is -0.371 e. The predicted octanol–water partition coefficient (Wildman–Crippen LogP) is 19.1. The van der Waals surface area contributed by atoms with Gasteiger partial charge in [-0.1, -0.05) is 210 Å². The van der Waals surface area contributed by atoms with Gasteiger partial charge in [-0.05, 0) is 166 Å². The van der Waals surface area contributed by atoms with Gasteiger partial charge in [0.15, 0.2) is 0 Å². The van der Waals surface area contributed by atoms with Gasteiger partial charge < -0.3 is 19.6 Å². The van der Waals surface area contributed by atoms with E-state index in [0.29, 0.717) is 6.04 Å². The van der Waals surface area contributed by atoms with Crippen LogP contribution in [-0.2, 0) is 24.7 Å². The molecule has 0 saturated carbocycles. The Labute approximate surface area is 520 Å². The molecular weight excluding hydrogens is 1050 g/mol. The van der Waals surface area contributed by atoms with Crippen LogP contribution in [0.3, 0.4) is 0 Å². The van der Waals surface area contributed by atoms with Crippen LogP contribution in [-0.4, -0.2) is 53.8 Å². The Balaban J connectivity index is 1.18. The van der Waals surface area contributed by atoms with Crippen molar-refractivity contribution in [1.29, 1.82) is 0 Å². The molecule has 0 bridgehead atoms. The van der Waals surface area contributed by atoms with Gasteiger partial charge in [-0.2, -0.15) is 0 Å². The first-order valence-electron chi connectivity index (χ1n) is 32.6. The fraction of sp³-hybridized carbons (Fsp3) is 0.309. The van der Waals surface area contributed by atoms with Crippen molar-refractivity contribution in [1.82, 2.24) is 4.90 Å². The molecule has 5 aliphatic heterocycles. The third-order valence-corrected chi connectivity index (χ3v) is 20.6. The molecule has 3 atom stereocenters. The Hall–Kier alpha value is -8.06. The second kappa shape index (κ2) is 22.0. The first-order chi connectivity index (χ1) is 42.1. The van der Waals surface area contributed by atoms with Gasteiger partial charge in [0.25, 0.3) is 0 Å². The molecule has 0 aliphatic carbocycles. The van der Waals surface area contributed by atoms with E-state index in [9.17, 15) is 0 Å². The van der Waals surface area contributed by atoms with Gasteiger partial charge >= 0.3 is 0 Å². The Morgan fingerprint density at radius 2 is 1.09 bits per heavy atom. The van der Waals surface area contributed by atoms with Crippen molar-refractivity contribution >= 4 is 63.1 Å². The normalized spacial score (nSPS) is 18.7. The number of rotatable bonds is 12. The van der Waals surface area contributed by atoms with Crippen molar-refractivity contribution in [2.24, 2.45) is 0 Å². The van der Waals surface area contributed by atoms with Crippen LogP contribution in [0.2, 0.25) is 0 Å². The van der Waals surface area contributed by atoms with E-state index in [4.69, 9.17) is 0 Å². The van der Waals surface area contributed by atoms with Crippen molar-refractivity contribution in [3.63, 3.8) is 0 Å². The highest BCUT2D eigenvalue weighted by Crippen LogP contribution is 2.58. The number of benzene rings is 9. The lowest BCUT2D eigenvalue weighted by Crippen LogP contribution is -2.72. The number of aryl methyl sites for hydroxylation is 1. The standard InChI is InChI=1S/C81H86BN5/c1-12-56-51-61(79(5,6)7)44-47-70(56)87(80(8,9)13-2)62-45-46-69-71(52-62)85(76-65(59-34-22-16-23-35-59)40-27-41-66(76)60-36-24-17-25-37-60)78-68-43-29-49-83-48-28-42-67(74(68)83)77-73(78)82(69)72(86-55(4)53-81(86,10)11)50-54(3)84(77)75-63(57-30-18-14-19-31-57)38-26-39-64(75)58-32-20-15-21-33-58/h13-27,30-41,44-47,51-52,54-55,72H,2,12,28-29,42-43,48-50,53H2,1,3-11H3. The van der Waals surface area contributed by atoms with E-state index in [1.54, 1.807) is 0 Å². The van der Waals surface area contributed by atoms with E-state index < -0.39 is 5.54 Å². The summed E-state index contributed by atoms with van der Waals surface area (Å²) in [6.07, 6.45) is 9.48. The summed E-state index contributed by atoms with van der Waals surface area (Å²) in [5.74, 6) is 0.168. The summed E-state index contributed by atoms with van der Waals surface area (Å²) in [4.78, 5) is 14.2. The van der Waals surface area contributed by atoms with Crippen molar-refractivity contribution in [2.75, 3.05) is 32.7 Å². The quantitative estimate of drug-likeness (QED) is 0.0892. The van der Waals surface area contributed by atoms with Crippen molar-refractivity contribution in [3.05, 3.63) is 229 Å². The highest BCUT2D eigenvalue weighted by molar-refractivity contribution is 6.91. The van der Waals surface area contributed by atoms with Crippen LogP contribution in [0.4, 0.5) is 45.5 Å². The lowest BCUT2D eigenvalue weighted by atomic mass is 9.32. The summed E-state index contributed by atoms with van der Waals surface area (Å²) in [5.41, 5.74) is 28.6. The maximum absolute atomic E-state index is 4.61. The van der Waals surface area contributed by atoms with Crippen molar-refractivity contribution in [2.45, 2.75) is 149 Å². The molecular formula is C81H86BN5. The summed E-state index contributed by atoms with van der Waals surface area (Å²) in [7, 11) is 0. The number of hydrogen-bond acceptors (Lipinski definition) is 5. The van der Waals surface area contributed by atoms with Crippen molar-refractivity contribution < 1.29 is 0 Å². The predicted molar refractivity (Wildman–Crippen MR) is 374 cm³/mol. The molecule has 6 heteroatoms. The van der Waals surface area contributed by atoms with Crippen LogP contribution in [0.1, 0.15) is 117 Å². The number of hydrogen-bond donors (Lipinski definition) is 0. The monoisotopic (exact) mass is 1140 g/mol. The number of fused-ring (bicyclic) bond motifs is 4. The lowest BCUT2D eigenvalue weighted by Gasteiger charge is -2.60. The number of anilines is 8. The zero-order valence-electron chi connectivity index (χ0n) is 53.2. The molecule has 0 aromatic heterocycles. The molecule has 0 N–H and O–H groups in total. The molecule has 0 radical (unpaired) electrons. The first kappa shape index (κ1) is 56.7. The van der Waals surface area contributed by atoms with Crippen LogP contribution in [0, 0.1) is 0 Å². The molecule has 5 aliphatic rings. The van der Waals surface area contributed by atoms with Gasteiger partial charge in [-0.25, -0.2) is 0 Å². The molecule has 5 nitrogen and oxygen atoms in total. The molecule has 5 heterocycles. The molecule has 9 aromatic carbocycles. The molecule has 14 rings (SSSR count). The second-order valence-electron chi connectivity index (χ2n) is 28.0. The third kappa shape index (κ3) is 9.46. The van der Waals surface area contributed by atoms with Crippen LogP contribution in [0.25, 0.3) is 44.5 Å². The topological polar surface area (TPSA) is 16.2 Å². The Morgan fingerprint density at radius 1 is 0.575 bits per heavy atom. The highest BCUT2D eigenvalue weighted by atomic mass is 15.3. The summed E-state index contributed by atoms with van der Waals surface area (Å²) >= 11 is 0.